The molecule has 2 aromatic rings. The Morgan fingerprint density at radius 1 is 1.30 bits per heavy atom. The number of thiazole rings is 1. The fraction of sp³-hybridized carbons (Fsp3) is 0.444. The second-order valence-corrected chi connectivity index (χ2v) is 7.46. The molecule has 0 radical (unpaired) electrons. The van der Waals surface area contributed by atoms with E-state index in [4.69, 9.17) is 5.73 Å². The molecule has 23 heavy (non-hydrogen) atoms. The van der Waals surface area contributed by atoms with Gasteiger partial charge in [0.15, 0.2) is 0 Å². The molecule has 122 valence electrons. The maximum atomic E-state index is 13.0. The predicted molar refractivity (Wildman–Crippen MR) is 94.7 cm³/mol. The Hall–Kier alpha value is -1.72. The Balaban J connectivity index is 1.91. The molecule has 1 heterocycles. The number of benzene rings is 1. The average Bonchev–Trinajstić information content (AvgIpc) is 3.27. The third kappa shape index (κ3) is 3.79. The number of nitrogens with zero attached hydrogens (tertiary/aromatic N) is 2. The van der Waals surface area contributed by atoms with Crippen molar-refractivity contribution in [3.63, 3.8) is 0 Å². The molecule has 1 saturated carbocycles. The molecule has 1 amide bonds. The van der Waals surface area contributed by atoms with Crippen molar-refractivity contribution in [1.29, 1.82) is 0 Å². The van der Waals surface area contributed by atoms with Crippen LogP contribution >= 0.6 is 11.3 Å². The van der Waals surface area contributed by atoms with E-state index in [1.165, 1.54) is 18.4 Å². The number of aryl methyl sites for hydroxylation is 2. The maximum absolute atomic E-state index is 13.0. The lowest BCUT2D eigenvalue weighted by Crippen LogP contribution is -2.37. The minimum Gasteiger partial charge on any atom is -0.336 e. The van der Waals surface area contributed by atoms with Gasteiger partial charge in [-0.1, -0.05) is 29.8 Å². The molecule has 1 aromatic heterocycles. The Labute approximate surface area is 141 Å². The highest BCUT2D eigenvalue weighted by Crippen LogP contribution is 2.33. The molecule has 3 rings (SSSR count). The van der Waals surface area contributed by atoms with E-state index < -0.39 is 0 Å². The molecular formula is C18H23N3OS. The van der Waals surface area contributed by atoms with Gasteiger partial charge in [-0.2, -0.15) is 0 Å². The van der Waals surface area contributed by atoms with Crippen LogP contribution in [-0.4, -0.2) is 35.4 Å². The fourth-order valence-electron chi connectivity index (χ4n) is 2.67. The topological polar surface area (TPSA) is 59.2 Å². The molecule has 0 atom stereocenters. The molecule has 1 fully saturated rings. The summed E-state index contributed by atoms with van der Waals surface area (Å²) in [7, 11) is 0. The number of aromatic nitrogens is 1. The van der Waals surface area contributed by atoms with E-state index in [0.29, 0.717) is 24.7 Å². The second-order valence-electron chi connectivity index (χ2n) is 6.26. The number of nitrogens with two attached hydrogens (primary N) is 1. The van der Waals surface area contributed by atoms with Crippen LogP contribution in [0.1, 0.15) is 33.9 Å². The monoisotopic (exact) mass is 329 g/mol. The van der Waals surface area contributed by atoms with Crippen LogP contribution < -0.4 is 5.73 Å². The molecular weight excluding hydrogens is 306 g/mol. The van der Waals surface area contributed by atoms with E-state index in [9.17, 15) is 4.79 Å². The smallest absolute Gasteiger partial charge is 0.274 e. The van der Waals surface area contributed by atoms with Crippen molar-refractivity contribution >= 4 is 17.2 Å². The number of carbonyl (C=O) groups is 1. The molecule has 0 spiro atoms. The lowest BCUT2D eigenvalue weighted by Gasteiger charge is -2.21. The van der Waals surface area contributed by atoms with Crippen molar-refractivity contribution in [2.24, 2.45) is 11.7 Å². The molecule has 0 unspecified atom stereocenters. The Morgan fingerprint density at radius 3 is 2.61 bits per heavy atom. The van der Waals surface area contributed by atoms with Gasteiger partial charge in [0.05, 0.1) is 9.88 Å². The van der Waals surface area contributed by atoms with E-state index in [0.717, 1.165) is 22.0 Å². The lowest BCUT2D eigenvalue weighted by molar-refractivity contribution is 0.0748. The first kappa shape index (κ1) is 16.1. The first-order valence-corrected chi connectivity index (χ1v) is 8.94. The molecule has 4 nitrogen and oxygen atoms in total. The quantitative estimate of drug-likeness (QED) is 0.885. The van der Waals surface area contributed by atoms with E-state index >= 15 is 0 Å². The lowest BCUT2D eigenvalue weighted by atomic mass is 10.1. The first-order chi connectivity index (χ1) is 11.1. The van der Waals surface area contributed by atoms with Gasteiger partial charge in [-0.25, -0.2) is 4.98 Å². The largest absolute Gasteiger partial charge is 0.336 e. The third-order valence-corrected chi connectivity index (χ3v) is 5.13. The molecule has 1 aliphatic carbocycles. The van der Waals surface area contributed by atoms with Gasteiger partial charge in [-0.05, 0) is 38.2 Å². The molecule has 1 aromatic carbocycles. The zero-order valence-electron chi connectivity index (χ0n) is 13.7. The summed E-state index contributed by atoms with van der Waals surface area (Å²) in [6, 6.07) is 8.27. The van der Waals surface area contributed by atoms with E-state index in [1.807, 2.05) is 11.8 Å². The van der Waals surface area contributed by atoms with Gasteiger partial charge in [-0.15, -0.1) is 11.3 Å². The molecule has 5 heteroatoms. The van der Waals surface area contributed by atoms with Crippen LogP contribution in [0.5, 0.6) is 0 Å². The number of amides is 1. The second kappa shape index (κ2) is 6.81. The van der Waals surface area contributed by atoms with Crippen LogP contribution in [0, 0.1) is 19.8 Å². The first-order valence-electron chi connectivity index (χ1n) is 8.12. The summed E-state index contributed by atoms with van der Waals surface area (Å²) in [4.78, 5) is 20.4. The third-order valence-electron chi connectivity index (χ3n) is 4.11. The normalized spacial score (nSPS) is 14.0. The number of hydrogen-bond donors (Lipinski definition) is 1. The molecule has 2 N–H and O–H groups in total. The summed E-state index contributed by atoms with van der Waals surface area (Å²) < 4.78 is 0. The highest BCUT2D eigenvalue weighted by Gasteiger charge is 2.29. The molecule has 0 bridgehead atoms. The van der Waals surface area contributed by atoms with E-state index in [1.54, 1.807) is 11.3 Å². The highest BCUT2D eigenvalue weighted by atomic mass is 32.1. The summed E-state index contributed by atoms with van der Waals surface area (Å²) in [6.45, 7) is 5.90. The van der Waals surface area contributed by atoms with Crippen LogP contribution in [0.3, 0.4) is 0 Å². The highest BCUT2D eigenvalue weighted by molar-refractivity contribution is 7.15. The van der Waals surface area contributed by atoms with Gasteiger partial charge in [0, 0.05) is 19.6 Å². The van der Waals surface area contributed by atoms with E-state index in [2.05, 4.69) is 36.2 Å². The number of carbonyl (C=O) groups excluding carboxylic acids is 1. The minimum absolute atomic E-state index is 0.0160. The van der Waals surface area contributed by atoms with Crippen LogP contribution in [-0.2, 0) is 0 Å². The average molecular weight is 329 g/mol. The molecule has 0 aliphatic heterocycles. The van der Waals surface area contributed by atoms with Gasteiger partial charge < -0.3 is 10.6 Å². The van der Waals surface area contributed by atoms with Gasteiger partial charge in [-0.3, -0.25) is 4.79 Å². The summed E-state index contributed by atoms with van der Waals surface area (Å²) >= 11 is 1.58. The van der Waals surface area contributed by atoms with Crippen molar-refractivity contribution in [3.8, 4) is 10.4 Å². The standard InChI is InChI=1S/C18H23N3OS/c1-12-3-7-15(8-4-12)17-16(20-13(2)23-17)18(22)21(10-9-19)11-14-5-6-14/h3-4,7-8,14H,5-6,9-11,19H2,1-2H3. The Bertz CT molecular complexity index is 689. The molecule has 1 aliphatic rings. The number of rotatable bonds is 6. The molecule has 0 saturated heterocycles. The van der Waals surface area contributed by atoms with Crippen molar-refractivity contribution in [2.45, 2.75) is 26.7 Å². The van der Waals surface area contributed by atoms with Gasteiger partial charge in [0.2, 0.25) is 0 Å². The van der Waals surface area contributed by atoms with Crippen LogP contribution in [0.4, 0.5) is 0 Å². The summed E-state index contributed by atoms with van der Waals surface area (Å²) in [5, 5.41) is 0.919. The van der Waals surface area contributed by atoms with E-state index in [-0.39, 0.29) is 5.91 Å². The van der Waals surface area contributed by atoms with Crippen LogP contribution in [0.25, 0.3) is 10.4 Å². The van der Waals surface area contributed by atoms with Gasteiger partial charge in [0.25, 0.3) is 5.91 Å². The van der Waals surface area contributed by atoms with Crippen molar-refractivity contribution in [2.75, 3.05) is 19.6 Å². The van der Waals surface area contributed by atoms with Crippen molar-refractivity contribution in [1.82, 2.24) is 9.88 Å². The number of hydrogen-bond acceptors (Lipinski definition) is 4. The van der Waals surface area contributed by atoms with Crippen molar-refractivity contribution in [3.05, 3.63) is 40.5 Å². The van der Waals surface area contributed by atoms with Gasteiger partial charge in [0.1, 0.15) is 5.69 Å². The fourth-order valence-corrected chi connectivity index (χ4v) is 3.58. The summed E-state index contributed by atoms with van der Waals surface area (Å²) in [6.07, 6.45) is 2.44. The Morgan fingerprint density at radius 2 is 2.00 bits per heavy atom. The van der Waals surface area contributed by atoms with Crippen LogP contribution in [0.15, 0.2) is 24.3 Å². The van der Waals surface area contributed by atoms with Crippen LogP contribution in [0.2, 0.25) is 0 Å². The zero-order chi connectivity index (χ0) is 16.4. The SMILES string of the molecule is Cc1ccc(-c2sc(C)nc2C(=O)N(CCN)CC2CC2)cc1. The minimum atomic E-state index is 0.0160. The predicted octanol–water partition coefficient (Wildman–Crippen LogP) is 3.24. The zero-order valence-corrected chi connectivity index (χ0v) is 14.5. The maximum Gasteiger partial charge on any atom is 0.274 e. The summed E-state index contributed by atoms with van der Waals surface area (Å²) in [5.74, 6) is 0.662. The Kier molecular flexibility index (Phi) is 4.78. The summed E-state index contributed by atoms with van der Waals surface area (Å²) in [5.41, 5.74) is 8.54. The van der Waals surface area contributed by atoms with Gasteiger partial charge >= 0.3 is 0 Å². The van der Waals surface area contributed by atoms with Crippen molar-refractivity contribution < 1.29 is 4.79 Å².